The van der Waals surface area contributed by atoms with Crippen molar-refractivity contribution in [1.29, 1.82) is 0 Å². The van der Waals surface area contributed by atoms with E-state index in [0.717, 1.165) is 19.5 Å². The van der Waals surface area contributed by atoms with E-state index >= 15 is 0 Å². The standard InChI is InChI=1S/C9H18N2O.C3H8/c1-8-5-4-6-11(7-8)9(12)10(2)3;1-3-2/h8H,4-7H2,1-3H3;3H2,1-2H3. The molecule has 0 aliphatic carbocycles. The van der Waals surface area contributed by atoms with Crippen LogP contribution in [0.5, 0.6) is 0 Å². The van der Waals surface area contributed by atoms with Crippen molar-refractivity contribution in [3.63, 3.8) is 0 Å². The maximum atomic E-state index is 11.5. The Bertz CT molecular complexity index is 180. The summed E-state index contributed by atoms with van der Waals surface area (Å²) in [5, 5.41) is 0. The van der Waals surface area contributed by atoms with Crippen molar-refractivity contribution in [2.45, 2.75) is 40.0 Å². The molecular weight excluding hydrogens is 188 g/mol. The minimum Gasteiger partial charge on any atom is -0.331 e. The molecule has 0 aromatic rings. The van der Waals surface area contributed by atoms with Crippen LogP contribution in [0.3, 0.4) is 0 Å². The van der Waals surface area contributed by atoms with E-state index in [9.17, 15) is 4.79 Å². The second-order valence-electron chi connectivity index (χ2n) is 4.58. The van der Waals surface area contributed by atoms with Crippen LogP contribution in [0.1, 0.15) is 40.0 Å². The van der Waals surface area contributed by atoms with Crippen LogP contribution in [0.15, 0.2) is 0 Å². The monoisotopic (exact) mass is 214 g/mol. The highest BCUT2D eigenvalue weighted by Gasteiger charge is 2.21. The van der Waals surface area contributed by atoms with Gasteiger partial charge in [-0.3, -0.25) is 0 Å². The van der Waals surface area contributed by atoms with Crippen LogP contribution in [0.25, 0.3) is 0 Å². The highest BCUT2D eigenvalue weighted by Crippen LogP contribution is 2.15. The average Bonchev–Trinajstić information content (AvgIpc) is 2.17. The zero-order valence-corrected chi connectivity index (χ0v) is 10.9. The molecule has 1 atom stereocenters. The maximum absolute atomic E-state index is 11.5. The highest BCUT2D eigenvalue weighted by molar-refractivity contribution is 5.73. The fourth-order valence-corrected chi connectivity index (χ4v) is 1.65. The fraction of sp³-hybridized carbons (Fsp3) is 0.917. The van der Waals surface area contributed by atoms with Crippen molar-refractivity contribution < 1.29 is 4.79 Å². The van der Waals surface area contributed by atoms with E-state index in [1.807, 2.05) is 19.0 Å². The number of nitrogens with zero attached hydrogens (tertiary/aromatic N) is 2. The van der Waals surface area contributed by atoms with Gasteiger partial charge in [0.05, 0.1) is 0 Å². The van der Waals surface area contributed by atoms with E-state index in [-0.39, 0.29) is 6.03 Å². The van der Waals surface area contributed by atoms with Gasteiger partial charge in [0.2, 0.25) is 0 Å². The van der Waals surface area contributed by atoms with E-state index in [0.29, 0.717) is 5.92 Å². The summed E-state index contributed by atoms with van der Waals surface area (Å²) >= 11 is 0. The lowest BCUT2D eigenvalue weighted by Gasteiger charge is -2.32. The summed E-state index contributed by atoms with van der Waals surface area (Å²) in [4.78, 5) is 15.1. The third-order valence-electron chi connectivity index (χ3n) is 2.31. The fourth-order valence-electron chi connectivity index (χ4n) is 1.65. The first-order valence-corrected chi connectivity index (χ1v) is 5.99. The second kappa shape index (κ2) is 7.55. The molecule has 15 heavy (non-hydrogen) atoms. The molecule has 0 aromatic heterocycles. The smallest absolute Gasteiger partial charge is 0.319 e. The molecule has 0 radical (unpaired) electrons. The topological polar surface area (TPSA) is 23.6 Å². The first-order chi connectivity index (χ1) is 7.02. The number of likely N-dealkylation sites (tertiary alicyclic amines) is 1. The van der Waals surface area contributed by atoms with Gasteiger partial charge in [-0.15, -0.1) is 0 Å². The summed E-state index contributed by atoms with van der Waals surface area (Å²) in [6.07, 6.45) is 3.66. The first-order valence-electron chi connectivity index (χ1n) is 5.99. The summed E-state index contributed by atoms with van der Waals surface area (Å²) in [6, 6.07) is 0.154. The van der Waals surface area contributed by atoms with Gasteiger partial charge in [0.25, 0.3) is 0 Å². The Kier molecular flexibility index (Phi) is 7.18. The van der Waals surface area contributed by atoms with Gasteiger partial charge in [-0.1, -0.05) is 27.2 Å². The van der Waals surface area contributed by atoms with Gasteiger partial charge in [0.1, 0.15) is 0 Å². The molecule has 1 fully saturated rings. The van der Waals surface area contributed by atoms with Gasteiger partial charge >= 0.3 is 6.03 Å². The Balaban J connectivity index is 0.000000583. The van der Waals surface area contributed by atoms with Crippen molar-refractivity contribution in [3.8, 4) is 0 Å². The molecule has 2 amide bonds. The number of hydrogen-bond acceptors (Lipinski definition) is 1. The predicted molar refractivity (Wildman–Crippen MR) is 65.0 cm³/mol. The van der Waals surface area contributed by atoms with Gasteiger partial charge in [0.15, 0.2) is 0 Å². The molecule has 1 heterocycles. The Morgan fingerprint density at radius 1 is 1.40 bits per heavy atom. The zero-order chi connectivity index (χ0) is 11.8. The summed E-state index contributed by atoms with van der Waals surface area (Å²) < 4.78 is 0. The molecule has 0 N–H and O–H groups in total. The predicted octanol–water partition coefficient (Wildman–Crippen LogP) is 2.82. The molecule has 0 bridgehead atoms. The van der Waals surface area contributed by atoms with Crippen LogP contribution in [0.2, 0.25) is 0 Å². The number of urea groups is 1. The summed E-state index contributed by atoms with van der Waals surface area (Å²) in [5.41, 5.74) is 0. The van der Waals surface area contributed by atoms with Crippen molar-refractivity contribution in [3.05, 3.63) is 0 Å². The number of amides is 2. The lowest BCUT2D eigenvalue weighted by molar-refractivity contribution is 0.146. The summed E-state index contributed by atoms with van der Waals surface area (Å²) in [6.45, 7) is 8.31. The third kappa shape index (κ3) is 5.65. The molecule has 0 saturated carbocycles. The van der Waals surface area contributed by atoms with E-state index < -0.39 is 0 Å². The third-order valence-corrected chi connectivity index (χ3v) is 2.31. The molecule has 3 heteroatoms. The van der Waals surface area contributed by atoms with Crippen LogP contribution < -0.4 is 0 Å². The van der Waals surface area contributed by atoms with E-state index in [1.165, 1.54) is 12.8 Å². The Morgan fingerprint density at radius 3 is 2.33 bits per heavy atom. The molecule has 1 saturated heterocycles. The van der Waals surface area contributed by atoms with E-state index in [1.54, 1.807) is 4.90 Å². The van der Waals surface area contributed by atoms with Gasteiger partial charge in [0, 0.05) is 27.2 Å². The van der Waals surface area contributed by atoms with Crippen LogP contribution in [0, 0.1) is 5.92 Å². The average molecular weight is 214 g/mol. The molecular formula is C12H26N2O. The second-order valence-corrected chi connectivity index (χ2v) is 4.58. The van der Waals surface area contributed by atoms with Gasteiger partial charge in [-0.25, -0.2) is 4.79 Å². The highest BCUT2D eigenvalue weighted by atomic mass is 16.2. The Hall–Kier alpha value is -0.730. The first kappa shape index (κ1) is 14.3. The lowest BCUT2D eigenvalue weighted by Crippen LogP contribution is -2.44. The molecule has 0 aromatic carbocycles. The summed E-state index contributed by atoms with van der Waals surface area (Å²) in [5.74, 6) is 0.669. The van der Waals surface area contributed by atoms with Crippen molar-refractivity contribution in [2.24, 2.45) is 5.92 Å². The lowest BCUT2D eigenvalue weighted by atomic mass is 10.0. The minimum atomic E-state index is 0.154. The summed E-state index contributed by atoms with van der Waals surface area (Å²) in [7, 11) is 3.61. The molecule has 1 rings (SSSR count). The van der Waals surface area contributed by atoms with E-state index in [4.69, 9.17) is 0 Å². The SMILES string of the molecule is CC1CCCN(C(=O)N(C)C)C1.CCC. The molecule has 3 nitrogen and oxygen atoms in total. The Morgan fingerprint density at radius 2 is 1.93 bits per heavy atom. The molecule has 1 unspecified atom stereocenters. The normalized spacial score (nSPS) is 20.3. The molecule has 0 spiro atoms. The van der Waals surface area contributed by atoms with Gasteiger partial charge < -0.3 is 9.80 Å². The number of rotatable bonds is 0. The molecule has 90 valence electrons. The maximum Gasteiger partial charge on any atom is 0.319 e. The number of hydrogen-bond donors (Lipinski definition) is 0. The van der Waals surface area contributed by atoms with Crippen LogP contribution in [0.4, 0.5) is 4.79 Å². The van der Waals surface area contributed by atoms with Crippen LogP contribution in [-0.4, -0.2) is 43.0 Å². The van der Waals surface area contributed by atoms with Crippen LogP contribution in [-0.2, 0) is 0 Å². The van der Waals surface area contributed by atoms with E-state index in [2.05, 4.69) is 20.8 Å². The molecule has 1 aliphatic rings. The molecule has 1 aliphatic heterocycles. The van der Waals surface area contributed by atoms with Crippen LogP contribution >= 0.6 is 0 Å². The number of carbonyl (C=O) groups excluding carboxylic acids is 1. The zero-order valence-electron chi connectivity index (χ0n) is 10.9. The van der Waals surface area contributed by atoms with Crippen molar-refractivity contribution >= 4 is 6.03 Å². The van der Waals surface area contributed by atoms with Gasteiger partial charge in [-0.2, -0.15) is 0 Å². The van der Waals surface area contributed by atoms with Crippen molar-refractivity contribution in [1.82, 2.24) is 9.80 Å². The largest absolute Gasteiger partial charge is 0.331 e. The quantitative estimate of drug-likeness (QED) is 0.608. The number of carbonyl (C=O) groups is 1. The minimum absolute atomic E-state index is 0.154. The van der Waals surface area contributed by atoms with Gasteiger partial charge in [-0.05, 0) is 18.8 Å². The Labute approximate surface area is 94.4 Å². The number of piperidine rings is 1. The van der Waals surface area contributed by atoms with Crippen molar-refractivity contribution in [2.75, 3.05) is 27.2 Å².